The van der Waals surface area contributed by atoms with Gasteiger partial charge in [0, 0.05) is 30.4 Å². The van der Waals surface area contributed by atoms with Gasteiger partial charge in [-0.1, -0.05) is 17.8 Å². The number of nitrogens with zero attached hydrogens (tertiary/aromatic N) is 4. The monoisotopic (exact) mass is 451 g/mol. The zero-order chi connectivity index (χ0) is 22.7. The molecule has 1 aliphatic rings. The maximum Gasteiger partial charge on any atom is 0.234 e. The summed E-state index contributed by atoms with van der Waals surface area (Å²) in [5, 5.41) is 11.7. The number of nitrogens with one attached hydrogen (secondary N) is 1. The van der Waals surface area contributed by atoms with Crippen LogP contribution in [0.15, 0.2) is 47.9 Å². The molecule has 0 atom stereocenters. The summed E-state index contributed by atoms with van der Waals surface area (Å²) in [6.07, 6.45) is 3.03. The third-order valence-corrected chi connectivity index (χ3v) is 6.39. The van der Waals surface area contributed by atoms with Crippen molar-refractivity contribution in [3.63, 3.8) is 0 Å². The van der Waals surface area contributed by atoms with Gasteiger partial charge in [0.2, 0.25) is 11.8 Å². The molecule has 2 heterocycles. The van der Waals surface area contributed by atoms with Crippen LogP contribution in [0.4, 0.5) is 11.4 Å². The van der Waals surface area contributed by atoms with E-state index in [0.717, 1.165) is 17.8 Å². The summed E-state index contributed by atoms with van der Waals surface area (Å²) in [5.41, 5.74) is 4.68. The number of anilines is 2. The molecule has 166 valence electrons. The van der Waals surface area contributed by atoms with E-state index < -0.39 is 0 Å². The molecular weight excluding hydrogens is 426 g/mol. The van der Waals surface area contributed by atoms with Gasteiger partial charge in [-0.25, -0.2) is 0 Å². The number of ether oxygens (including phenoxy) is 1. The van der Waals surface area contributed by atoms with Crippen LogP contribution >= 0.6 is 11.8 Å². The second kappa shape index (κ2) is 9.44. The average molecular weight is 452 g/mol. The molecular formula is C23H25N5O3S. The average Bonchev–Trinajstić information content (AvgIpc) is 3.43. The minimum atomic E-state index is -0.170. The van der Waals surface area contributed by atoms with E-state index in [4.69, 9.17) is 4.74 Å². The number of amides is 2. The molecule has 1 aliphatic heterocycles. The van der Waals surface area contributed by atoms with Crippen LogP contribution in [0.1, 0.15) is 24.0 Å². The van der Waals surface area contributed by atoms with Gasteiger partial charge >= 0.3 is 0 Å². The lowest BCUT2D eigenvalue weighted by molar-refractivity contribution is -0.117. The predicted molar refractivity (Wildman–Crippen MR) is 125 cm³/mol. The number of benzene rings is 2. The van der Waals surface area contributed by atoms with Crippen LogP contribution in [-0.2, 0) is 9.59 Å². The first-order chi connectivity index (χ1) is 15.5. The van der Waals surface area contributed by atoms with Crippen molar-refractivity contribution in [1.29, 1.82) is 0 Å². The van der Waals surface area contributed by atoms with E-state index in [-0.39, 0.29) is 17.6 Å². The quantitative estimate of drug-likeness (QED) is 0.551. The summed E-state index contributed by atoms with van der Waals surface area (Å²) in [6.45, 7) is 4.80. The summed E-state index contributed by atoms with van der Waals surface area (Å²) in [7, 11) is 1.56. The normalized spacial score (nSPS) is 13.5. The first kappa shape index (κ1) is 21.9. The van der Waals surface area contributed by atoms with Gasteiger partial charge < -0.3 is 15.0 Å². The number of carbonyl (C=O) groups excluding carboxylic acids is 2. The highest BCUT2D eigenvalue weighted by molar-refractivity contribution is 7.99. The number of carbonyl (C=O) groups is 2. The van der Waals surface area contributed by atoms with Crippen molar-refractivity contribution in [3.05, 3.63) is 53.9 Å². The van der Waals surface area contributed by atoms with E-state index >= 15 is 0 Å². The largest absolute Gasteiger partial charge is 0.494 e. The molecule has 2 amide bonds. The highest BCUT2D eigenvalue weighted by atomic mass is 32.2. The number of thioether (sulfide) groups is 1. The number of rotatable bonds is 7. The molecule has 32 heavy (non-hydrogen) atoms. The van der Waals surface area contributed by atoms with Crippen LogP contribution in [0, 0.1) is 13.8 Å². The van der Waals surface area contributed by atoms with E-state index in [2.05, 4.69) is 41.5 Å². The Bertz CT molecular complexity index is 1160. The first-order valence-electron chi connectivity index (χ1n) is 10.3. The third kappa shape index (κ3) is 4.62. The molecule has 0 spiro atoms. The molecule has 4 rings (SSSR count). The van der Waals surface area contributed by atoms with Gasteiger partial charge in [-0.15, -0.1) is 10.2 Å². The van der Waals surface area contributed by atoms with Crippen molar-refractivity contribution >= 4 is 35.0 Å². The first-order valence-corrected chi connectivity index (χ1v) is 11.3. The van der Waals surface area contributed by atoms with E-state index in [9.17, 15) is 9.59 Å². The maximum atomic E-state index is 12.6. The van der Waals surface area contributed by atoms with Crippen LogP contribution in [0.2, 0.25) is 0 Å². The minimum Gasteiger partial charge on any atom is -0.494 e. The Morgan fingerprint density at radius 3 is 2.75 bits per heavy atom. The predicted octanol–water partition coefficient (Wildman–Crippen LogP) is 3.75. The van der Waals surface area contributed by atoms with Crippen molar-refractivity contribution in [1.82, 2.24) is 14.8 Å². The Labute approximate surface area is 191 Å². The molecule has 3 aromatic rings. The van der Waals surface area contributed by atoms with E-state index in [1.54, 1.807) is 36.5 Å². The molecule has 0 bridgehead atoms. The molecule has 9 heteroatoms. The number of hydrogen-bond donors (Lipinski definition) is 1. The Hall–Kier alpha value is -3.33. The van der Waals surface area contributed by atoms with Gasteiger partial charge in [0.25, 0.3) is 0 Å². The lowest BCUT2D eigenvalue weighted by Crippen LogP contribution is -2.24. The van der Waals surface area contributed by atoms with Crippen molar-refractivity contribution in [2.75, 3.05) is 29.6 Å². The van der Waals surface area contributed by atoms with Crippen molar-refractivity contribution in [2.45, 2.75) is 31.8 Å². The second-order valence-corrected chi connectivity index (χ2v) is 8.57. The SMILES string of the molecule is COc1cc(NC(=O)CSc2nncn2-c2ccc(C)c(C)c2)ccc1N1CCCC1=O. The number of methoxy groups -OCH3 is 1. The highest BCUT2D eigenvalue weighted by Crippen LogP contribution is 2.34. The number of aryl methyl sites for hydroxylation is 2. The van der Waals surface area contributed by atoms with Gasteiger partial charge in [0.15, 0.2) is 5.16 Å². The Kier molecular flexibility index (Phi) is 6.45. The molecule has 1 N–H and O–H groups in total. The Balaban J connectivity index is 1.41. The fourth-order valence-electron chi connectivity index (χ4n) is 3.58. The Morgan fingerprint density at radius 2 is 2.03 bits per heavy atom. The lowest BCUT2D eigenvalue weighted by atomic mass is 10.1. The number of hydrogen-bond acceptors (Lipinski definition) is 6. The maximum absolute atomic E-state index is 12.6. The van der Waals surface area contributed by atoms with Crippen molar-refractivity contribution in [2.24, 2.45) is 0 Å². The molecule has 0 radical (unpaired) electrons. The summed E-state index contributed by atoms with van der Waals surface area (Å²) >= 11 is 1.31. The second-order valence-electron chi connectivity index (χ2n) is 7.62. The van der Waals surface area contributed by atoms with Gasteiger partial charge in [-0.05, 0) is 55.7 Å². The fourth-order valence-corrected chi connectivity index (χ4v) is 4.31. The third-order valence-electron chi connectivity index (χ3n) is 5.45. The van der Waals surface area contributed by atoms with Crippen LogP contribution in [-0.4, -0.2) is 46.0 Å². The van der Waals surface area contributed by atoms with Crippen molar-refractivity contribution in [3.8, 4) is 11.4 Å². The highest BCUT2D eigenvalue weighted by Gasteiger charge is 2.24. The van der Waals surface area contributed by atoms with Gasteiger partial charge in [-0.3, -0.25) is 14.2 Å². The lowest BCUT2D eigenvalue weighted by Gasteiger charge is -2.19. The van der Waals surface area contributed by atoms with Crippen LogP contribution in [0.5, 0.6) is 5.75 Å². The summed E-state index contributed by atoms with van der Waals surface area (Å²) in [6, 6.07) is 11.5. The van der Waals surface area contributed by atoms with Gasteiger partial charge in [0.05, 0.1) is 18.6 Å². The topological polar surface area (TPSA) is 89.3 Å². The fraction of sp³-hybridized carbons (Fsp3) is 0.304. The molecule has 2 aromatic carbocycles. The van der Waals surface area contributed by atoms with Gasteiger partial charge in [0.1, 0.15) is 12.1 Å². The molecule has 0 aliphatic carbocycles. The smallest absolute Gasteiger partial charge is 0.234 e. The summed E-state index contributed by atoms with van der Waals surface area (Å²) in [5.74, 6) is 0.652. The van der Waals surface area contributed by atoms with Crippen LogP contribution in [0.25, 0.3) is 5.69 Å². The van der Waals surface area contributed by atoms with Crippen molar-refractivity contribution < 1.29 is 14.3 Å². The van der Waals surface area contributed by atoms with E-state index in [1.807, 2.05) is 10.6 Å². The molecule has 0 saturated carbocycles. The molecule has 1 fully saturated rings. The summed E-state index contributed by atoms with van der Waals surface area (Å²) in [4.78, 5) is 26.3. The molecule has 1 aromatic heterocycles. The molecule has 1 saturated heterocycles. The molecule has 0 unspecified atom stereocenters. The summed E-state index contributed by atoms with van der Waals surface area (Å²) < 4.78 is 7.33. The zero-order valence-corrected chi connectivity index (χ0v) is 19.1. The minimum absolute atomic E-state index is 0.0874. The van der Waals surface area contributed by atoms with Crippen LogP contribution < -0.4 is 15.0 Å². The zero-order valence-electron chi connectivity index (χ0n) is 18.3. The van der Waals surface area contributed by atoms with E-state index in [1.165, 1.54) is 22.9 Å². The number of aromatic nitrogens is 3. The molecule has 8 nitrogen and oxygen atoms in total. The standard InChI is InChI=1S/C23H25N5O3S/c1-15-6-8-18(11-16(15)2)28-14-24-26-23(28)32-13-21(29)25-17-7-9-19(20(12-17)31-3)27-10-4-5-22(27)30/h6-9,11-12,14H,4-5,10,13H2,1-3H3,(H,25,29). The Morgan fingerprint density at radius 1 is 1.19 bits per heavy atom. The van der Waals surface area contributed by atoms with Gasteiger partial charge in [-0.2, -0.15) is 0 Å². The van der Waals surface area contributed by atoms with Crippen LogP contribution in [0.3, 0.4) is 0 Å². The van der Waals surface area contributed by atoms with E-state index in [0.29, 0.717) is 29.6 Å².